The Kier molecular flexibility index (Phi) is 4.57. The van der Waals surface area contributed by atoms with Gasteiger partial charge in [-0.1, -0.05) is 24.3 Å². The molecule has 1 aromatic heterocycles. The number of nitrogens with zero attached hydrogens (tertiary/aromatic N) is 1. The Hall–Kier alpha value is -0.860. The zero-order valence-electron chi connectivity index (χ0n) is 9.90. The molecule has 1 aromatic carbocycles. The zero-order valence-corrected chi connectivity index (χ0v) is 11.5. The van der Waals surface area contributed by atoms with Crippen LogP contribution in [0.3, 0.4) is 0 Å². The van der Waals surface area contributed by atoms with Crippen molar-refractivity contribution in [3.05, 3.63) is 52.0 Å². The zero-order chi connectivity index (χ0) is 12.1. The summed E-state index contributed by atoms with van der Waals surface area (Å²) < 4.78 is 0. The van der Waals surface area contributed by atoms with Gasteiger partial charge in [-0.25, -0.2) is 4.98 Å². The van der Waals surface area contributed by atoms with Crippen LogP contribution in [0.5, 0.6) is 0 Å². The van der Waals surface area contributed by atoms with E-state index >= 15 is 0 Å². The largest absolute Gasteiger partial charge is 0.250 e. The van der Waals surface area contributed by atoms with E-state index in [0.29, 0.717) is 11.8 Å². The summed E-state index contributed by atoms with van der Waals surface area (Å²) in [5.74, 6) is 1.16. The molecule has 0 N–H and O–H groups in total. The third kappa shape index (κ3) is 3.55. The van der Waals surface area contributed by atoms with E-state index in [2.05, 4.69) is 36.2 Å². The molecular formula is C14H16ClNS. The van der Waals surface area contributed by atoms with E-state index in [-0.39, 0.29) is 0 Å². The van der Waals surface area contributed by atoms with E-state index < -0.39 is 0 Å². The second-order valence-electron chi connectivity index (χ2n) is 4.28. The molecule has 3 heteroatoms. The summed E-state index contributed by atoms with van der Waals surface area (Å²) >= 11 is 7.78. The number of hydrogen-bond donors (Lipinski definition) is 0. The van der Waals surface area contributed by atoms with Gasteiger partial charge in [0.05, 0.1) is 5.01 Å². The van der Waals surface area contributed by atoms with Crippen LogP contribution in [-0.2, 0) is 12.8 Å². The second kappa shape index (κ2) is 6.18. The lowest BCUT2D eigenvalue weighted by Crippen LogP contribution is -2.10. The molecule has 0 aliphatic carbocycles. The molecule has 0 aliphatic heterocycles. The van der Waals surface area contributed by atoms with Gasteiger partial charge >= 0.3 is 0 Å². The first-order valence-electron chi connectivity index (χ1n) is 5.78. The van der Waals surface area contributed by atoms with Gasteiger partial charge in [-0.05, 0) is 30.4 Å². The molecule has 0 radical (unpaired) electrons. The lowest BCUT2D eigenvalue weighted by Gasteiger charge is -2.14. The molecule has 1 heterocycles. The van der Waals surface area contributed by atoms with Crippen molar-refractivity contribution >= 4 is 22.9 Å². The van der Waals surface area contributed by atoms with Crippen molar-refractivity contribution in [2.45, 2.75) is 19.8 Å². The Morgan fingerprint density at radius 2 is 2.12 bits per heavy atom. The van der Waals surface area contributed by atoms with Crippen molar-refractivity contribution in [1.82, 2.24) is 4.98 Å². The molecule has 90 valence electrons. The maximum Gasteiger partial charge on any atom is 0.0928 e. The molecule has 1 nitrogen and oxygen atoms in total. The summed E-state index contributed by atoms with van der Waals surface area (Å²) in [6, 6.07) is 8.52. The maximum absolute atomic E-state index is 6.06. The monoisotopic (exact) mass is 265 g/mol. The number of halogens is 1. The van der Waals surface area contributed by atoms with Gasteiger partial charge in [0.25, 0.3) is 0 Å². The molecule has 0 saturated carbocycles. The molecule has 17 heavy (non-hydrogen) atoms. The lowest BCUT2D eigenvalue weighted by atomic mass is 9.95. The molecule has 1 unspecified atom stereocenters. The molecule has 0 amide bonds. The minimum atomic E-state index is 0.476. The Labute approximate surface area is 111 Å². The predicted molar refractivity (Wildman–Crippen MR) is 74.9 cm³/mol. The minimum absolute atomic E-state index is 0.476. The average molecular weight is 266 g/mol. The van der Waals surface area contributed by atoms with Gasteiger partial charge in [0.1, 0.15) is 0 Å². The fraction of sp³-hybridized carbons (Fsp3) is 0.357. The van der Waals surface area contributed by atoms with Crippen molar-refractivity contribution in [3.8, 4) is 0 Å². The van der Waals surface area contributed by atoms with Gasteiger partial charge in [0.15, 0.2) is 0 Å². The summed E-state index contributed by atoms with van der Waals surface area (Å²) in [6.07, 6.45) is 3.88. The summed E-state index contributed by atoms with van der Waals surface area (Å²) in [5.41, 5.74) is 2.75. The van der Waals surface area contributed by atoms with Gasteiger partial charge < -0.3 is 0 Å². The van der Waals surface area contributed by atoms with Crippen molar-refractivity contribution in [3.63, 3.8) is 0 Å². The highest BCUT2D eigenvalue weighted by atomic mass is 35.5. The molecular weight excluding hydrogens is 250 g/mol. The van der Waals surface area contributed by atoms with Crippen molar-refractivity contribution in [2.75, 3.05) is 5.88 Å². The number of hydrogen-bond acceptors (Lipinski definition) is 2. The number of rotatable bonds is 5. The van der Waals surface area contributed by atoms with Crippen LogP contribution in [0.25, 0.3) is 0 Å². The van der Waals surface area contributed by atoms with Crippen LogP contribution < -0.4 is 0 Å². The van der Waals surface area contributed by atoms with E-state index in [9.17, 15) is 0 Å². The highest BCUT2D eigenvalue weighted by Crippen LogP contribution is 2.19. The SMILES string of the molecule is Cc1ccccc1CC(CCl)Cc1nccs1. The van der Waals surface area contributed by atoms with Gasteiger partial charge in [-0.2, -0.15) is 0 Å². The van der Waals surface area contributed by atoms with E-state index in [1.165, 1.54) is 16.1 Å². The summed E-state index contributed by atoms with van der Waals surface area (Å²) in [4.78, 5) is 4.33. The van der Waals surface area contributed by atoms with Gasteiger partial charge in [0, 0.05) is 23.9 Å². The van der Waals surface area contributed by atoms with Crippen LogP contribution >= 0.6 is 22.9 Å². The van der Waals surface area contributed by atoms with Gasteiger partial charge in [-0.3, -0.25) is 0 Å². The van der Waals surface area contributed by atoms with Crippen molar-refractivity contribution in [1.29, 1.82) is 0 Å². The fourth-order valence-corrected chi connectivity index (χ4v) is 2.88. The first-order chi connectivity index (χ1) is 8.29. The van der Waals surface area contributed by atoms with Gasteiger partial charge in [-0.15, -0.1) is 22.9 Å². The van der Waals surface area contributed by atoms with E-state index in [1.54, 1.807) is 11.3 Å². The number of aromatic nitrogens is 1. The highest BCUT2D eigenvalue weighted by Gasteiger charge is 2.12. The lowest BCUT2D eigenvalue weighted by molar-refractivity contribution is 0.580. The number of thiazole rings is 1. The van der Waals surface area contributed by atoms with Crippen LogP contribution in [0.4, 0.5) is 0 Å². The molecule has 2 aromatic rings. The number of alkyl halides is 1. The van der Waals surface area contributed by atoms with Gasteiger partial charge in [0.2, 0.25) is 0 Å². The van der Waals surface area contributed by atoms with E-state index in [1.807, 2.05) is 11.6 Å². The quantitative estimate of drug-likeness (QED) is 0.742. The van der Waals surface area contributed by atoms with Crippen molar-refractivity contribution in [2.24, 2.45) is 5.92 Å². The molecule has 1 atom stereocenters. The van der Waals surface area contributed by atoms with Crippen LogP contribution in [0, 0.1) is 12.8 Å². The Bertz CT molecular complexity index is 453. The van der Waals surface area contributed by atoms with Crippen LogP contribution in [0.2, 0.25) is 0 Å². The minimum Gasteiger partial charge on any atom is -0.250 e. The van der Waals surface area contributed by atoms with E-state index in [0.717, 1.165) is 12.8 Å². The number of benzene rings is 1. The number of aryl methyl sites for hydroxylation is 1. The maximum atomic E-state index is 6.06. The third-order valence-electron chi connectivity index (χ3n) is 2.93. The molecule has 0 fully saturated rings. The van der Waals surface area contributed by atoms with E-state index in [4.69, 9.17) is 11.6 Å². The predicted octanol–water partition coefficient (Wildman–Crippen LogP) is 4.09. The average Bonchev–Trinajstić information content (AvgIpc) is 2.84. The normalized spacial score (nSPS) is 12.6. The smallest absolute Gasteiger partial charge is 0.0928 e. The summed E-state index contributed by atoms with van der Waals surface area (Å²) in [6.45, 7) is 2.16. The molecule has 0 saturated heterocycles. The Morgan fingerprint density at radius 1 is 1.29 bits per heavy atom. The third-order valence-corrected chi connectivity index (χ3v) is 4.17. The molecule has 0 bridgehead atoms. The van der Waals surface area contributed by atoms with Crippen LogP contribution in [0.1, 0.15) is 16.1 Å². The highest BCUT2D eigenvalue weighted by molar-refractivity contribution is 7.09. The molecule has 0 aliphatic rings. The van der Waals surface area contributed by atoms with Crippen molar-refractivity contribution < 1.29 is 0 Å². The Morgan fingerprint density at radius 3 is 2.76 bits per heavy atom. The summed E-state index contributed by atoms with van der Waals surface area (Å²) in [5, 5.41) is 3.21. The second-order valence-corrected chi connectivity index (χ2v) is 5.57. The first kappa shape index (κ1) is 12.6. The standard InChI is InChI=1S/C14H16ClNS/c1-11-4-2-3-5-13(11)8-12(10-15)9-14-16-6-7-17-14/h2-7,12H,8-10H2,1H3. The van der Waals surface area contributed by atoms with Crippen LogP contribution in [0.15, 0.2) is 35.8 Å². The topological polar surface area (TPSA) is 12.9 Å². The fourth-order valence-electron chi connectivity index (χ4n) is 1.93. The summed E-state index contributed by atoms with van der Waals surface area (Å²) in [7, 11) is 0. The first-order valence-corrected chi connectivity index (χ1v) is 7.20. The molecule has 2 rings (SSSR count). The Balaban J connectivity index is 2.03. The van der Waals surface area contributed by atoms with Crippen LogP contribution in [-0.4, -0.2) is 10.9 Å². The molecule has 0 spiro atoms.